The zero-order valence-electron chi connectivity index (χ0n) is 17.4. The van der Waals surface area contributed by atoms with Crippen molar-refractivity contribution in [1.82, 2.24) is 0 Å². The van der Waals surface area contributed by atoms with Gasteiger partial charge in [-0.2, -0.15) is 0 Å². The van der Waals surface area contributed by atoms with Crippen molar-refractivity contribution in [2.24, 2.45) is 0 Å². The van der Waals surface area contributed by atoms with Crippen LogP contribution in [0, 0.1) is 0 Å². The molecule has 0 atom stereocenters. The Hall–Kier alpha value is -0.400. The highest BCUT2D eigenvalue weighted by atomic mass is 16.5. The van der Waals surface area contributed by atoms with Gasteiger partial charge in [0.15, 0.2) is 0 Å². The third-order valence-electron chi connectivity index (χ3n) is 1.98. The molecule has 0 bridgehead atoms. The number of rotatable bonds is 15. The van der Waals surface area contributed by atoms with Crippen LogP contribution in [0.2, 0.25) is 0 Å². The third kappa shape index (κ3) is 66.9. The molecule has 0 unspecified atom stereocenters. The van der Waals surface area contributed by atoms with E-state index >= 15 is 0 Å². The normalized spacial score (nSPS) is 9.33. The summed E-state index contributed by atoms with van der Waals surface area (Å²) >= 11 is 0. The molecular formula is C17H42O10. The van der Waals surface area contributed by atoms with Crippen molar-refractivity contribution in [2.75, 3.05) is 107 Å². The molecule has 0 saturated carbocycles. The Bertz CT molecular complexity index is 171. The molecule has 0 aromatic rings. The molecule has 0 aliphatic rings. The van der Waals surface area contributed by atoms with Gasteiger partial charge in [-0.05, 0) is 6.92 Å². The summed E-state index contributed by atoms with van der Waals surface area (Å²) in [6, 6.07) is 0. The van der Waals surface area contributed by atoms with Crippen molar-refractivity contribution in [3.8, 4) is 0 Å². The number of aliphatic hydroxyl groups is 4. The molecule has 0 aliphatic carbocycles. The molecule has 0 fully saturated rings. The van der Waals surface area contributed by atoms with Crippen molar-refractivity contribution < 1.29 is 48.8 Å². The molecule has 27 heavy (non-hydrogen) atoms. The predicted molar refractivity (Wildman–Crippen MR) is 102 cm³/mol. The van der Waals surface area contributed by atoms with Gasteiger partial charge in [0.05, 0.1) is 79.3 Å². The van der Waals surface area contributed by atoms with Crippen molar-refractivity contribution in [3.05, 3.63) is 0 Å². The summed E-state index contributed by atoms with van der Waals surface area (Å²) in [4.78, 5) is 0. The maximum Gasteiger partial charge on any atom is 0.0701 e. The molecule has 0 rings (SSSR count). The number of methoxy groups -OCH3 is 2. The molecule has 0 spiro atoms. The lowest BCUT2D eigenvalue weighted by molar-refractivity contribution is 0.00230. The summed E-state index contributed by atoms with van der Waals surface area (Å²) in [5.41, 5.74) is 0. The summed E-state index contributed by atoms with van der Waals surface area (Å²) in [5, 5.41) is 32.9. The largest absolute Gasteiger partial charge is 0.394 e. The van der Waals surface area contributed by atoms with E-state index in [0.717, 1.165) is 6.61 Å². The van der Waals surface area contributed by atoms with Gasteiger partial charge in [0.25, 0.3) is 0 Å². The molecule has 170 valence electrons. The smallest absolute Gasteiger partial charge is 0.0701 e. The van der Waals surface area contributed by atoms with Crippen LogP contribution in [-0.2, 0) is 28.4 Å². The Kier molecular flexibility index (Phi) is 56.6. The van der Waals surface area contributed by atoms with Gasteiger partial charge in [0, 0.05) is 27.9 Å². The molecule has 0 aromatic carbocycles. The number of aliphatic hydroxyl groups excluding tert-OH is 4. The highest BCUT2D eigenvalue weighted by Gasteiger charge is 1.90. The molecule has 0 radical (unpaired) electrons. The highest BCUT2D eigenvalue weighted by Crippen LogP contribution is 1.80. The van der Waals surface area contributed by atoms with Gasteiger partial charge in [0.1, 0.15) is 0 Å². The van der Waals surface area contributed by atoms with Gasteiger partial charge in [-0.3, -0.25) is 0 Å². The van der Waals surface area contributed by atoms with Gasteiger partial charge < -0.3 is 48.8 Å². The van der Waals surface area contributed by atoms with E-state index in [-0.39, 0.29) is 26.4 Å². The number of hydrogen-bond donors (Lipinski definition) is 4. The van der Waals surface area contributed by atoms with Crippen LogP contribution in [0.5, 0.6) is 0 Å². The monoisotopic (exact) mass is 406 g/mol. The Balaban J connectivity index is -0.000000158. The Labute approximate surface area is 163 Å². The summed E-state index contributed by atoms with van der Waals surface area (Å²) in [6.45, 7) is 6.24. The Morgan fingerprint density at radius 2 is 0.667 bits per heavy atom. The van der Waals surface area contributed by atoms with Gasteiger partial charge in [-0.15, -0.1) is 0 Å². The second kappa shape index (κ2) is 44.8. The Morgan fingerprint density at radius 1 is 0.481 bits per heavy atom. The van der Waals surface area contributed by atoms with Crippen molar-refractivity contribution in [3.63, 3.8) is 0 Å². The molecular weight excluding hydrogens is 364 g/mol. The van der Waals surface area contributed by atoms with E-state index < -0.39 is 0 Å². The van der Waals surface area contributed by atoms with Crippen LogP contribution in [0.15, 0.2) is 0 Å². The first-order valence-corrected chi connectivity index (χ1v) is 8.79. The molecule has 4 N–H and O–H groups in total. The van der Waals surface area contributed by atoms with E-state index in [1.54, 1.807) is 21.3 Å². The van der Waals surface area contributed by atoms with E-state index in [2.05, 4.69) is 14.2 Å². The average Bonchev–Trinajstić information content (AvgIpc) is 2.68. The van der Waals surface area contributed by atoms with E-state index in [9.17, 15) is 0 Å². The first-order chi connectivity index (χ1) is 13.2. The van der Waals surface area contributed by atoms with Gasteiger partial charge >= 0.3 is 0 Å². The molecule has 0 aromatic heterocycles. The zero-order chi connectivity index (χ0) is 21.4. The first kappa shape index (κ1) is 34.1. The van der Waals surface area contributed by atoms with Crippen LogP contribution >= 0.6 is 0 Å². The van der Waals surface area contributed by atoms with Crippen molar-refractivity contribution in [2.45, 2.75) is 6.92 Å². The maximum atomic E-state index is 8.36. The average molecular weight is 407 g/mol. The van der Waals surface area contributed by atoms with Gasteiger partial charge in [0.2, 0.25) is 0 Å². The zero-order valence-corrected chi connectivity index (χ0v) is 17.4. The van der Waals surface area contributed by atoms with E-state index in [1.165, 1.54) is 0 Å². The first-order valence-electron chi connectivity index (χ1n) is 8.79. The molecule has 0 heterocycles. The second-order valence-electron chi connectivity index (χ2n) is 4.33. The minimum atomic E-state index is 0.0278. The quantitative estimate of drug-likeness (QED) is 0.249. The van der Waals surface area contributed by atoms with E-state index in [4.69, 9.17) is 34.6 Å². The van der Waals surface area contributed by atoms with E-state index in [1.807, 2.05) is 6.92 Å². The SMILES string of the molecule is CCOC.COC.OCCOCCO.OCCOCCOCCOCCO. The molecule has 10 nitrogen and oxygen atoms in total. The fourth-order valence-corrected chi connectivity index (χ4v) is 0.902. The number of hydrogen-bond acceptors (Lipinski definition) is 10. The van der Waals surface area contributed by atoms with Crippen LogP contribution in [0.4, 0.5) is 0 Å². The lowest BCUT2D eigenvalue weighted by Crippen LogP contribution is -2.11. The topological polar surface area (TPSA) is 136 Å². The molecule has 0 aliphatic heterocycles. The van der Waals surface area contributed by atoms with Crippen molar-refractivity contribution in [1.29, 1.82) is 0 Å². The lowest BCUT2D eigenvalue weighted by Gasteiger charge is -2.04. The second-order valence-corrected chi connectivity index (χ2v) is 4.33. The minimum Gasteiger partial charge on any atom is -0.394 e. The van der Waals surface area contributed by atoms with E-state index in [0.29, 0.717) is 52.9 Å². The van der Waals surface area contributed by atoms with Crippen LogP contribution < -0.4 is 0 Å². The van der Waals surface area contributed by atoms with Gasteiger partial charge in [-0.1, -0.05) is 0 Å². The standard InChI is InChI=1S/C8H18O5.C4H10O3.C3H8O.C2H6O/c9-1-3-11-5-7-13-8-6-12-4-2-10;5-1-3-7-4-2-6;1-3-4-2;1-3-2/h9-10H,1-8H2;5-6H,1-4H2;3H2,1-2H3;1-2H3. The van der Waals surface area contributed by atoms with Crippen molar-refractivity contribution >= 4 is 0 Å². The summed E-state index contributed by atoms with van der Waals surface area (Å²) in [6.07, 6.45) is 0. The molecule has 0 amide bonds. The third-order valence-corrected chi connectivity index (χ3v) is 1.98. The van der Waals surface area contributed by atoms with Crippen LogP contribution in [0.3, 0.4) is 0 Å². The fourth-order valence-electron chi connectivity index (χ4n) is 0.902. The maximum absolute atomic E-state index is 8.36. The highest BCUT2D eigenvalue weighted by molar-refractivity contribution is 4.33. The van der Waals surface area contributed by atoms with Gasteiger partial charge in [-0.25, -0.2) is 0 Å². The van der Waals surface area contributed by atoms with Crippen LogP contribution in [-0.4, -0.2) is 128 Å². The minimum absolute atomic E-state index is 0.0278. The lowest BCUT2D eigenvalue weighted by atomic mass is 10.7. The summed E-state index contributed by atoms with van der Waals surface area (Å²) in [5.74, 6) is 0. The van der Waals surface area contributed by atoms with Crippen LogP contribution in [0.1, 0.15) is 6.92 Å². The Morgan fingerprint density at radius 3 is 0.852 bits per heavy atom. The summed E-state index contributed by atoms with van der Waals surface area (Å²) in [7, 11) is 4.93. The van der Waals surface area contributed by atoms with Crippen LogP contribution in [0.25, 0.3) is 0 Å². The summed E-state index contributed by atoms with van der Waals surface area (Å²) < 4.78 is 28.4. The number of ether oxygens (including phenoxy) is 6. The predicted octanol–water partition coefficient (Wildman–Crippen LogP) is -1.08. The molecule has 0 saturated heterocycles. The molecule has 10 heteroatoms. The fraction of sp³-hybridized carbons (Fsp3) is 1.00.